The fraction of sp³-hybridized carbons (Fsp3) is 0.400. The largest absolute Gasteiger partial charge is 0.388 e. The molecule has 1 aromatic carbocycles. The van der Waals surface area contributed by atoms with Crippen molar-refractivity contribution in [3.8, 4) is 0 Å². The molecular weight excluding hydrogens is 323 g/mol. The molecule has 0 saturated carbocycles. The smallest absolute Gasteiger partial charge is 0.130 e. The number of rotatable bonds is 5. The van der Waals surface area contributed by atoms with Crippen LogP contribution in [0.25, 0.3) is 0 Å². The molecular formula is C15H18BrFN2O. The first-order valence-electron chi connectivity index (χ1n) is 6.74. The summed E-state index contributed by atoms with van der Waals surface area (Å²) in [5.74, 6) is -0.398. The van der Waals surface area contributed by atoms with Gasteiger partial charge in [0.1, 0.15) is 5.82 Å². The minimum absolute atomic E-state index is 0.300. The fourth-order valence-corrected chi connectivity index (χ4v) is 2.86. The lowest BCUT2D eigenvalue weighted by Gasteiger charge is -2.14. The summed E-state index contributed by atoms with van der Waals surface area (Å²) in [4.78, 5) is 0. The molecule has 0 aliphatic rings. The Morgan fingerprint density at radius 2 is 2.15 bits per heavy atom. The predicted molar refractivity (Wildman–Crippen MR) is 80.0 cm³/mol. The maximum atomic E-state index is 13.8. The molecule has 2 aromatic rings. The summed E-state index contributed by atoms with van der Waals surface area (Å²) in [5.41, 5.74) is 2.21. The Kier molecular flexibility index (Phi) is 4.94. The van der Waals surface area contributed by atoms with E-state index in [0.717, 1.165) is 24.4 Å². The van der Waals surface area contributed by atoms with E-state index in [1.807, 2.05) is 24.6 Å². The topological polar surface area (TPSA) is 38.0 Å². The molecule has 0 fully saturated rings. The first-order chi connectivity index (χ1) is 9.56. The second kappa shape index (κ2) is 6.50. The summed E-state index contributed by atoms with van der Waals surface area (Å²) in [7, 11) is 0. The van der Waals surface area contributed by atoms with Crippen LogP contribution in [0, 0.1) is 5.82 Å². The number of aryl methyl sites for hydroxylation is 2. The maximum absolute atomic E-state index is 13.8. The number of halogens is 2. The molecule has 0 saturated heterocycles. The molecule has 1 N–H and O–H groups in total. The predicted octanol–water partition coefficient (Wildman–Crippen LogP) is 3.64. The zero-order chi connectivity index (χ0) is 14.7. The molecule has 108 valence electrons. The highest BCUT2D eigenvalue weighted by molar-refractivity contribution is 9.10. The van der Waals surface area contributed by atoms with Gasteiger partial charge in [-0.2, -0.15) is 5.10 Å². The molecule has 0 aliphatic heterocycles. The van der Waals surface area contributed by atoms with Gasteiger partial charge >= 0.3 is 0 Å². The SMILES string of the molecule is CCc1cc(CC(O)c2c(F)cccc2Br)n(CC)n1. The van der Waals surface area contributed by atoms with Crippen molar-refractivity contribution < 1.29 is 9.50 Å². The third kappa shape index (κ3) is 3.10. The third-order valence-corrected chi connectivity index (χ3v) is 4.00. The number of aliphatic hydroxyl groups is 1. The summed E-state index contributed by atoms with van der Waals surface area (Å²) < 4.78 is 16.3. The van der Waals surface area contributed by atoms with Crippen LogP contribution >= 0.6 is 15.9 Å². The number of nitrogens with zero attached hydrogens (tertiary/aromatic N) is 2. The van der Waals surface area contributed by atoms with Crippen LogP contribution in [0.4, 0.5) is 4.39 Å². The number of hydrogen-bond acceptors (Lipinski definition) is 2. The highest BCUT2D eigenvalue weighted by atomic mass is 79.9. The van der Waals surface area contributed by atoms with Gasteiger partial charge in [0.2, 0.25) is 0 Å². The normalized spacial score (nSPS) is 12.7. The van der Waals surface area contributed by atoms with Gasteiger partial charge in [0.15, 0.2) is 0 Å². The van der Waals surface area contributed by atoms with Crippen molar-refractivity contribution >= 4 is 15.9 Å². The average molecular weight is 341 g/mol. The Morgan fingerprint density at radius 3 is 2.75 bits per heavy atom. The van der Waals surface area contributed by atoms with Crippen molar-refractivity contribution in [1.29, 1.82) is 0 Å². The van der Waals surface area contributed by atoms with Crippen molar-refractivity contribution in [3.63, 3.8) is 0 Å². The van der Waals surface area contributed by atoms with Crippen LogP contribution in [0.15, 0.2) is 28.7 Å². The summed E-state index contributed by atoms with van der Waals surface area (Å²) >= 11 is 3.29. The molecule has 1 aromatic heterocycles. The molecule has 0 aliphatic carbocycles. The fourth-order valence-electron chi connectivity index (χ4n) is 2.26. The van der Waals surface area contributed by atoms with Gasteiger partial charge in [-0.1, -0.05) is 28.9 Å². The number of hydrogen-bond donors (Lipinski definition) is 1. The van der Waals surface area contributed by atoms with E-state index in [1.165, 1.54) is 6.07 Å². The molecule has 1 heterocycles. The van der Waals surface area contributed by atoms with Gasteiger partial charge in [-0.3, -0.25) is 4.68 Å². The highest BCUT2D eigenvalue weighted by Gasteiger charge is 2.19. The van der Waals surface area contributed by atoms with Crippen LogP contribution in [-0.4, -0.2) is 14.9 Å². The van der Waals surface area contributed by atoms with Crippen molar-refractivity contribution in [2.75, 3.05) is 0 Å². The van der Waals surface area contributed by atoms with Gasteiger partial charge in [-0.25, -0.2) is 4.39 Å². The minimum Gasteiger partial charge on any atom is -0.388 e. The monoisotopic (exact) mass is 340 g/mol. The van der Waals surface area contributed by atoms with Crippen LogP contribution < -0.4 is 0 Å². The van der Waals surface area contributed by atoms with Crippen LogP contribution in [0.5, 0.6) is 0 Å². The molecule has 3 nitrogen and oxygen atoms in total. The minimum atomic E-state index is -0.891. The van der Waals surface area contributed by atoms with Crippen molar-refractivity contribution in [1.82, 2.24) is 9.78 Å². The van der Waals surface area contributed by atoms with E-state index in [4.69, 9.17) is 0 Å². The van der Waals surface area contributed by atoms with Crippen molar-refractivity contribution in [3.05, 3.63) is 51.5 Å². The molecule has 0 spiro atoms. The number of aromatic nitrogens is 2. The standard InChI is InChI=1S/C15H18BrFN2O/c1-3-10-8-11(19(4-2)18-10)9-14(20)15-12(16)6-5-7-13(15)17/h5-8,14,20H,3-4,9H2,1-2H3. The van der Waals surface area contributed by atoms with E-state index >= 15 is 0 Å². The second-order valence-corrected chi connectivity index (χ2v) is 5.51. The number of aliphatic hydroxyl groups excluding tert-OH is 1. The molecule has 1 unspecified atom stereocenters. The Bertz CT molecular complexity index is 577. The van der Waals surface area contributed by atoms with Crippen LogP contribution in [0.2, 0.25) is 0 Å². The van der Waals surface area contributed by atoms with E-state index in [2.05, 4.69) is 21.0 Å². The molecule has 20 heavy (non-hydrogen) atoms. The quantitative estimate of drug-likeness (QED) is 0.902. The van der Waals surface area contributed by atoms with E-state index in [1.54, 1.807) is 12.1 Å². The average Bonchev–Trinajstić information content (AvgIpc) is 2.80. The number of benzene rings is 1. The van der Waals surface area contributed by atoms with Gasteiger partial charge in [-0.05, 0) is 31.5 Å². The summed E-state index contributed by atoms with van der Waals surface area (Å²) in [5, 5.41) is 14.8. The van der Waals surface area contributed by atoms with Gasteiger partial charge in [0.05, 0.1) is 11.8 Å². The van der Waals surface area contributed by atoms with Gasteiger partial charge in [0, 0.05) is 28.7 Å². The lowest BCUT2D eigenvalue weighted by atomic mass is 10.0. The van der Waals surface area contributed by atoms with E-state index < -0.39 is 11.9 Å². The molecule has 5 heteroatoms. The Hall–Kier alpha value is -1.20. The van der Waals surface area contributed by atoms with Crippen LogP contribution in [0.1, 0.15) is 36.9 Å². The zero-order valence-electron chi connectivity index (χ0n) is 11.6. The third-order valence-electron chi connectivity index (χ3n) is 3.31. The van der Waals surface area contributed by atoms with E-state index in [0.29, 0.717) is 16.5 Å². The molecule has 0 radical (unpaired) electrons. The molecule has 0 bridgehead atoms. The van der Waals surface area contributed by atoms with E-state index in [-0.39, 0.29) is 0 Å². The van der Waals surface area contributed by atoms with Crippen LogP contribution in [-0.2, 0) is 19.4 Å². The van der Waals surface area contributed by atoms with E-state index in [9.17, 15) is 9.50 Å². The molecule has 0 amide bonds. The molecule has 1 atom stereocenters. The second-order valence-electron chi connectivity index (χ2n) is 4.65. The summed E-state index contributed by atoms with van der Waals surface area (Å²) in [6, 6.07) is 6.68. The van der Waals surface area contributed by atoms with Gasteiger partial charge in [0.25, 0.3) is 0 Å². The Balaban J connectivity index is 2.27. The summed E-state index contributed by atoms with van der Waals surface area (Å²) in [6.45, 7) is 4.78. The Morgan fingerprint density at radius 1 is 1.40 bits per heavy atom. The highest BCUT2D eigenvalue weighted by Crippen LogP contribution is 2.28. The lowest BCUT2D eigenvalue weighted by Crippen LogP contribution is -2.10. The first-order valence-corrected chi connectivity index (χ1v) is 7.53. The van der Waals surface area contributed by atoms with Gasteiger partial charge in [-0.15, -0.1) is 0 Å². The molecule has 2 rings (SSSR count). The lowest BCUT2D eigenvalue weighted by molar-refractivity contribution is 0.170. The van der Waals surface area contributed by atoms with Gasteiger partial charge < -0.3 is 5.11 Å². The van der Waals surface area contributed by atoms with Crippen molar-refractivity contribution in [2.45, 2.75) is 39.3 Å². The zero-order valence-corrected chi connectivity index (χ0v) is 13.2. The Labute approximate surface area is 126 Å². The first kappa shape index (κ1) is 15.2. The maximum Gasteiger partial charge on any atom is 0.130 e. The van der Waals surface area contributed by atoms with Crippen LogP contribution in [0.3, 0.4) is 0 Å². The summed E-state index contributed by atoms with van der Waals surface area (Å²) in [6.07, 6.45) is 0.303. The van der Waals surface area contributed by atoms with Crippen molar-refractivity contribution in [2.24, 2.45) is 0 Å².